The lowest BCUT2D eigenvalue weighted by molar-refractivity contribution is 0.225. The molecule has 3 N–H and O–H groups in total. The summed E-state index contributed by atoms with van der Waals surface area (Å²) in [6, 6.07) is 0.570. The molecule has 0 aliphatic carbocycles. The van der Waals surface area contributed by atoms with Crippen LogP contribution in [0.25, 0.3) is 0 Å². The van der Waals surface area contributed by atoms with Crippen LogP contribution in [0, 0.1) is 5.41 Å². The first-order valence-corrected chi connectivity index (χ1v) is 4.56. The standard InChI is InChI=1S/C9H21N3/c1-5-6-7(2)12(4)8(3)9(10)11/h7-8H,5-6H2,1-4H3,(H3,10,11). The SMILES string of the molecule is CCCC(C)N(C)C(C)C(=N)N. The van der Waals surface area contributed by atoms with E-state index in [0.717, 1.165) is 6.42 Å². The highest BCUT2D eigenvalue weighted by molar-refractivity contribution is 5.82. The van der Waals surface area contributed by atoms with Crippen molar-refractivity contribution in [3.63, 3.8) is 0 Å². The van der Waals surface area contributed by atoms with E-state index >= 15 is 0 Å². The van der Waals surface area contributed by atoms with Crippen LogP contribution in [0.2, 0.25) is 0 Å². The predicted octanol–water partition coefficient (Wildman–Crippen LogP) is 1.43. The molecule has 0 rings (SSSR count). The highest BCUT2D eigenvalue weighted by atomic mass is 15.2. The predicted molar refractivity (Wildman–Crippen MR) is 53.5 cm³/mol. The second-order valence-electron chi connectivity index (χ2n) is 3.43. The van der Waals surface area contributed by atoms with Gasteiger partial charge in [0.1, 0.15) is 5.84 Å². The van der Waals surface area contributed by atoms with Gasteiger partial charge in [0, 0.05) is 6.04 Å². The van der Waals surface area contributed by atoms with E-state index in [1.165, 1.54) is 6.42 Å². The van der Waals surface area contributed by atoms with Gasteiger partial charge in [-0.1, -0.05) is 13.3 Å². The highest BCUT2D eigenvalue weighted by Gasteiger charge is 2.16. The molecule has 0 aliphatic rings. The topological polar surface area (TPSA) is 53.1 Å². The fourth-order valence-corrected chi connectivity index (χ4v) is 1.22. The number of nitrogens with one attached hydrogen (secondary N) is 1. The second-order valence-corrected chi connectivity index (χ2v) is 3.43. The van der Waals surface area contributed by atoms with E-state index in [0.29, 0.717) is 6.04 Å². The van der Waals surface area contributed by atoms with Crippen molar-refractivity contribution in [2.45, 2.75) is 45.7 Å². The van der Waals surface area contributed by atoms with Crippen molar-refractivity contribution >= 4 is 5.84 Å². The average Bonchev–Trinajstić information content (AvgIpc) is 2.02. The molecule has 0 aromatic heterocycles. The molecule has 0 heterocycles. The third-order valence-electron chi connectivity index (χ3n) is 2.46. The summed E-state index contributed by atoms with van der Waals surface area (Å²) in [4.78, 5) is 2.14. The Morgan fingerprint density at radius 3 is 2.33 bits per heavy atom. The smallest absolute Gasteiger partial charge is 0.108 e. The first-order chi connectivity index (χ1) is 5.50. The number of hydrogen-bond acceptors (Lipinski definition) is 2. The number of nitrogens with two attached hydrogens (primary N) is 1. The molecule has 3 nitrogen and oxygen atoms in total. The summed E-state index contributed by atoms with van der Waals surface area (Å²) in [7, 11) is 2.02. The van der Waals surface area contributed by atoms with Gasteiger partial charge < -0.3 is 5.73 Å². The van der Waals surface area contributed by atoms with E-state index in [1.807, 2.05) is 14.0 Å². The quantitative estimate of drug-likeness (QED) is 0.485. The molecule has 0 saturated carbocycles. The Labute approximate surface area is 75.4 Å². The number of hydrogen-bond donors (Lipinski definition) is 2. The van der Waals surface area contributed by atoms with Gasteiger partial charge in [0.2, 0.25) is 0 Å². The molecule has 0 aliphatic heterocycles. The number of rotatable bonds is 5. The maximum absolute atomic E-state index is 7.29. The molecule has 3 heteroatoms. The molecule has 2 unspecified atom stereocenters. The molecular formula is C9H21N3. The number of likely N-dealkylation sites (N-methyl/N-ethyl adjacent to an activating group) is 1. The van der Waals surface area contributed by atoms with Gasteiger partial charge in [0.15, 0.2) is 0 Å². The van der Waals surface area contributed by atoms with Gasteiger partial charge >= 0.3 is 0 Å². The van der Waals surface area contributed by atoms with Crippen molar-refractivity contribution in [1.29, 1.82) is 5.41 Å². The highest BCUT2D eigenvalue weighted by Crippen LogP contribution is 2.07. The molecular weight excluding hydrogens is 150 g/mol. The Kier molecular flexibility index (Phi) is 4.90. The Morgan fingerprint density at radius 1 is 1.50 bits per heavy atom. The van der Waals surface area contributed by atoms with Gasteiger partial charge in [-0.2, -0.15) is 0 Å². The summed E-state index contributed by atoms with van der Waals surface area (Å²) in [5.41, 5.74) is 5.41. The van der Waals surface area contributed by atoms with Crippen LogP contribution in [0.3, 0.4) is 0 Å². The van der Waals surface area contributed by atoms with Crippen molar-refractivity contribution in [2.75, 3.05) is 7.05 Å². The lowest BCUT2D eigenvalue weighted by Crippen LogP contribution is -2.44. The van der Waals surface area contributed by atoms with Crippen molar-refractivity contribution in [2.24, 2.45) is 5.73 Å². The van der Waals surface area contributed by atoms with Gasteiger partial charge in [-0.15, -0.1) is 0 Å². The van der Waals surface area contributed by atoms with Crippen LogP contribution in [0.1, 0.15) is 33.6 Å². The second kappa shape index (κ2) is 5.14. The number of amidine groups is 1. The van der Waals surface area contributed by atoms with Gasteiger partial charge in [-0.3, -0.25) is 10.3 Å². The third kappa shape index (κ3) is 3.22. The molecule has 12 heavy (non-hydrogen) atoms. The molecule has 0 spiro atoms. The summed E-state index contributed by atoms with van der Waals surface area (Å²) in [6.07, 6.45) is 2.34. The van der Waals surface area contributed by atoms with Crippen molar-refractivity contribution in [1.82, 2.24) is 4.90 Å². The minimum Gasteiger partial charge on any atom is -0.386 e. The van der Waals surface area contributed by atoms with Crippen LogP contribution in [0.5, 0.6) is 0 Å². The van der Waals surface area contributed by atoms with E-state index in [4.69, 9.17) is 11.1 Å². The van der Waals surface area contributed by atoms with Gasteiger partial charge in [0.25, 0.3) is 0 Å². The van der Waals surface area contributed by atoms with E-state index in [9.17, 15) is 0 Å². The first kappa shape index (κ1) is 11.4. The normalized spacial score (nSPS) is 16.1. The molecule has 0 bridgehead atoms. The minimum atomic E-state index is 0.0616. The lowest BCUT2D eigenvalue weighted by atomic mass is 10.1. The Bertz CT molecular complexity index is 145. The zero-order chi connectivity index (χ0) is 9.72. The van der Waals surface area contributed by atoms with Crippen LogP contribution >= 0.6 is 0 Å². The van der Waals surface area contributed by atoms with Crippen LogP contribution in [0.15, 0.2) is 0 Å². The fraction of sp³-hybridized carbons (Fsp3) is 0.889. The summed E-state index contributed by atoms with van der Waals surface area (Å²) >= 11 is 0. The largest absolute Gasteiger partial charge is 0.386 e. The minimum absolute atomic E-state index is 0.0616. The monoisotopic (exact) mass is 171 g/mol. The van der Waals surface area contributed by atoms with E-state index in [2.05, 4.69) is 18.7 Å². The zero-order valence-corrected chi connectivity index (χ0v) is 8.59. The summed E-state index contributed by atoms with van der Waals surface area (Å²) in [6.45, 7) is 6.31. The zero-order valence-electron chi connectivity index (χ0n) is 8.59. The molecule has 0 radical (unpaired) electrons. The first-order valence-electron chi connectivity index (χ1n) is 4.56. The summed E-state index contributed by atoms with van der Waals surface area (Å²) < 4.78 is 0. The third-order valence-corrected chi connectivity index (χ3v) is 2.46. The molecule has 0 aromatic rings. The van der Waals surface area contributed by atoms with Crippen LogP contribution < -0.4 is 5.73 Å². The fourth-order valence-electron chi connectivity index (χ4n) is 1.22. The number of nitrogens with zero attached hydrogens (tertiary/aromatic N) is 1. The van der Waals surface area contributed by atoms with Gasteiger partial charge in [-0.25, -0.2) is 0 Å². The van der Waals surface area contributed by atoms with Crippen molar-refractivity contribution in [3.8, 4) is 0 Å². The molecule has 0 fully saturated rings. The van der Waals surface area contributed by atoms with Crippen molar-refractivity contribution < 1.29 is 0 Å². The molecule has 0 aromatic carbocycles. The van der Waals surface area contributed by atoms with Gasteiger partial charge in [0.05, 0.1) is 6.04 Å². The molecule has 72 valence electrons. The Hall–Kier alpha value is -0.570. The maximum Gasteiger partial charge on any atom is 0.108 e. The van der Waals surface area contributed by atoms with Crippen LogP contribution in [-0.4, -0.2) is 29.9 Å². The Balaban J connectivity index is 3.99. The van der Waals surface area contributed by atoms with Crippen LogP contribution in [0.4, 0.5) is 0 Å². The maximum atomic E-state index is 7.29. The van der Waals surface area contributed by atoms with E-state index in [1.54, 1.807) is 0 Å². The van der Waals surface area contributed by atoms with E-state index < -0.39 is 0 Å². The van der Waals surface area contributed by atoms with Gasteiger partial charge in [-0.05, 0) is 27.3 Å². The summed E-state index contributed by atoms with van der Waals surface area (Å²) in [5, 5.41) is 7.29. The lowest BCUT2D eigenvalue weighted by Gasteiger charge is -2.29. The van der Waals surface area contributed by atoms with E-state index in [-0.39, 0.29) is 11.9 Å². The Morgan fingerprint density at radius 2 is 2.00 bits per heavy atom. The summed E-state index contributed by atoms with van der Waals surface area (Å²) in [5.74, 6) is 0.250. The average molecular weight is 171 g/mol. The van der Waals surface area contributed by atoms with Crippen molar-refractivity contribution in [3.05, 3.63) is 0 Å². The molecule has 2 atom stereocenters. The molecule has 0 amide bonds. The van der Waals surface area contributed by atoms with Crippen LogP contribution in [-0.2, 0) is 0 Å². The molecule has 0 saturated heterocycles.